The van der Waals surface area contributed by atoms with Crippen LogP contribution < -0.4 is 5.32 Å². The van der Waals surface area contributed by atoms with Gasteiger partial charge in [0.1, 0.15) is 10.7 Å². The summed E-state index contributed by atoms with van der Waals surface area (Å²) in [5.41, 5.74) is 0.121. The minimum absolute atomic E-state index is 0.0816. The van der Waals surface area contributed by atoms with Gasteiger partial charge in [-0.25, -0.2) is 12.8 Å². The van der Waals surface area contributed by atoms with E-state index in [1.165, 1.54) is 10.4 Å². The average Bonchev–Trinajstić information content (AvgIpc) is 2.55. The second-order valence-corrected chi connectivity index (χ2v) is 8.07. The molecule has 0 aliphatic carbocycles. The maximum atomic E-state index is 14.1. The zero-order valence-electron chi connectivity index (χ0n) is 14.1. The van der Waals surface area contributed by atoms with E-state index in [0.29, 0.717) is 0 Å². The molecule has 0 aromatic heterocycles. The molecule has 0 bridgehead atoms. The molecule has 1 saturated heterocycles. The van der Waals surface area contributed by atoms with Crippen LogP contribution in [-0.4, -0.2) is 51.0 Å². The van der Waals surface area contributed by atoms with Crippen molar-refractivity contribution in [2.75, 3.05) is 26.3 Å². The van der Waals surface area contributed by atoms with Crippen LogP contribution in [0.25, 0.3) is 0 Å². The molecule has 24 heavy (non-hydrogen) atoms. The van der Waals surface area contributed by atoms with E-state index >= 15 is 0 Å². The molecule has 1 aromatic carbocycles. The van der Waals surface area contributed by atoms with E-state index in [-0.39, 0.29) is 43.8 Å². The van der Waals surface area contributed by atoms with Crippen LogP contribution >= 0.6 is 0 Å². The minimum atomic E-state index is -4.00. The van der Waals surface area contributed by atoms with Crippen LogP contribution in [0.2, 0.25) is 0 Å². The lowest BCUT2D eigenvalue weighted by molar-refractivity contribution is 0.0729. The number of nitrogens with zero attached hydrogens (tertiary/aromatic N) is 1. The first-order chi connectivity index (χ1) is 11.2. The first kappa shape index (κ1) is 18.8. The van der Waals surface area contributed by atoms with Gasteiger partial charge in [0.15, 0.2) is 0 Å². The van der Waals surface area contributed by atoms with Crippen molar-refractivity contribution in [2.24, 2.45) is 5.92 Å². The van der Waals surface area contributed by atoms with Gasteiger partial charge >= 0.3 is 0 Å². The number of morpholine rings is 1. The van der Waals surface area contributed by atoms with Gasteiger partial charge in [-0.05, 0) is 31.0 Å². The highest BCUT2D eigenvalue weighted by molar-refractivity contribution is 7.89. The van der Waals surface area contributed by atoms with Crippen molar-refractivity contribution in [3.8, 4) is 0 Å². The predicted octanol–water partition coefficient (Wildman–Crippen LogP) is 1.62. The summed E-state index contributed by atoms with van der Waals surface area (Å²) in [5.74, 6) is -1.06. The Morgan fingerprint density at radius 2 is 1.88 bits per heavy atom. The molecule has 0 radical (unpaired) electrons. The zero-order chi connectivity index (χ0) is 17.9. The summed E-state index contributed by atoms with van der Waals surface area (Å²) in [5, 5.41) is 2.78. The lowest BCUT2D eigenvalue weighted by Gasteiger charge is -2.26. The highest BCUT2D eigenvalue weighted by Gasteiger charge is 2.30. The monoisotopic (exact) mass is 358 g/mol. The first-order valence-electron chi connectivity index (χ1n) is 7.92. The predicted molar refractivity (Wildman–Crippen MR) is 87.7 cm³/mol. The fourth-order valence-electron chi connectivity index (χ4n) is 2.23. The Bertz CT molecular complexity index is 700. The normalized spacial score (nSPS) is 17.7. The lowest BCUT2D eigenvalue weighted by Crippen LogP contribution is -2.41. The maximum Gasteiger partial charge on any atom is 0.251 e. The van der Waals surface area contributed by atoms with E-state index in [2.05, 4.69) is 5.32 Å². The van der Waals surface area contributed by atoms with Crippen LogP contribution in [-0.2, 0) is 14.8 Å². The number of carbonyl (C=O) groups is 1. The molecule has 2 rings (SSSR count). The van der Waals surface area contributed by atoms with Gasteiger partial charge in [-0.1, -0.05) is 13.8 Å². The average molecular weight is 358 g/mol. The highest BCUT2D eigenvalue weighted by Crippen LogP contribution is 2.22. The van der Waals surface area contributed by atoms with Gasteiger partial charge in [0.25, 0.3) is 5.91 Å². The molecular formula is C16H23FN2O4S. The van der Waals surface area contributed by atoms with Crippen molar-refractivity contribution >= 4 is 15.9 Å². The molecule has 1 amide bonds. The van der Waals surface area contributed by atoms with Crippen LogP contribution in [0.5, 0.6) is 0 Å². The molecule has 0 saturated carbocycles. The molecular weight excluding hydrogens is 335 g/mol. The Morgan fingerprint density at radius 3 is 2.46 bits per heavy atom. The van der Waals surface area contributed by atoms with Gasteiger partial charge < -0.3 is 10.1 Å². The quantitative estimate of drug-likeness (QED) is 0.868. The van der Waals surface area contributed by atoms with E-state index in [9.17, 15) is 17.6 Å². The number of halogens is 1. The van der Waals surface area contributed by atoms with Crippen LogP contribution in [0, 0.1) is 11.7 Å². The van der Waals surface area contributed by atoms with Gasteiger partial charge in [0.05, 0.1) is 13.2 Å². The van der Waals surface area contributed by atoms with E-state index in [4.69, 9.17) is 4.74 Å². The number of rotatable bonds is 5. The molecule has 1 atom stereocenters. The second kappa shape index (κ2) is 7.58. The van der Waals surface area contributed by atoms with Crippen molar-refractivity contribution < 1.29 is 22.3 Å². The van der Waals surface area contributed by atoms with E-state index in [1.807, 2.05) is 20.8 Å². The van der Waals surface area contributed by atoms with Gasteiger partial charge in [-0.15, -0.1) is 0 Å². The fourth-order valence-corrected chi connectivity index (χ4v) is 3.72. The van der Waals surface area contributed by atoms with Crippen LogP contribution in [0.15, 0.2) is 23.1 Å². The summed E-state index contributed by atoms with van der Waals surface area (Å²) in [6, 6.07) is 3.32. The van der Waals surface area contributed by atoms with Gasteiger partial charge in [0, 0.05) is 24.7 Å². The van der Waals surface area contributed by atoms with Crippen molar-refractivity contribution in [3.63, 3.8) is 0 Å². The minimum Gasteiger partial charge on any atom is -0.379 e. The summed E-state index contributed by atoms with van der Waals surface area (Å²) in [6.45, 7) is 6.66. The first-order valence-corrected chi connectivity index (χ1v) is 9.36. The molecule has 0 unspecified atom stereocenters. The SMILES string of the molecule is CC(C)[C@H](C)NC(=O)c1ccc(F)c(S(=O)(=O)N2CCOCC2)c1. The molecule has 1 aromatic rings. The van der Waals surface area contributed by atoms with Gasteiger partial charge in [-0.3, -0.25) is 4.79 Å². The van der Waals surface area contributed by atoms with E-state index in [1.54, 1.807) is 0 Å². The number of amides is 1. The van der Waals surface area contributed by atoms with E-state index < -0.39 is 26.6 Å². The molecule has 134 valence electrons. The maximum absolute atomic E-state index is 14.1. The van der Waals surface area contributed by atoms with Crippen LogP contribution in [0.4, 0.5) is 4.39 Å². The summed E-state index contributed by atoms with van der Waals surface area (Å²) in [6.07, 6.45) is 0. The third kappa shape index (κ3) is 4.12. The van der Waals surface area contributed by atoms with Crippen molar-refractivity contribution in [1.29, 1.82) is 0 Å². The molecule has 0 spiro atoms. The zero-order valence-corrected chi connectivity index (χ0v) is 14.9. The van der Waals surface area contributed by atoms with Gasteiger partial charge in [0.2, 0.25) is 10.0 Å². The molecule has 1 N–H and O–H groups in total. The Labute approximate surface area is 142 Å². The number of nitrogens with one attached hydrogen (secondary N) is 1. The number of benzene rings is 1. The third-order valence-corrected chi connectivity index (χ3v) is 6.05. The number of hydrogen-bond acceptors (Lipinski definition) is 4. The van der Waals surface area contributed by atoms with Crippen LogP contribution in [0.3, 0.4) is 0 Å². The summed E-state index contributed by atoms with van der Waals surface area (Å²) >= 11 is 0. The number of carbonyl (C=O) groups excluding carboxylic acids is 1. The standard InChI is InChI=1S/C16H23FN2O4S/c1-11(2)12(3)18-16(20)13-4-5-14(17)15(10-13)24(21,22)19-6-8-23-9-7-19/h4-5,10-12H,6-9H2,1-3H3,(H,18,20)/t12-/m0/s1. The fraction of sp³-hybridized carbons (Fsp3) is 0.562. The smallest absolute Gasteiger partial charge is 0.251 e. The number of ether oxygens (including phenoxy) is 1. The molecule has 1 aliphatic heterocycles. The largest absolute Gasteiger partial charge is 0.379 e. The topological polar surface area (TPSA) is 75.7 Å². The molecule has 1 heterocycles. The van der Waals surface area contributed by atoms with E-state index in [0.717, 1.165) is 12.1 Å². The Balaban J connectivity index is 2.29. The van der Waals surface area contributed by atoms with Crippen molar-refractivity contribution in [2.45, 2.75) is 31.7 Å². The highest BCUT2D eigenvalue weighted by atomic mass is 32.2. The number of sulfonamides is 1. The Hall–Kier alpha value is -1.51. The second-order valence-electron chi connectivity index (χ2n) is 6.17. The van der Waals surface area contributed by atoms with Crippen molar-refractivity contribution in [1.82, 2.24) is 9.62 Å². The summed E-state index contributed by atoms with van der Waals surface area (Å²) in [4.78, 5) is 11.8. The molecule has 8 heteroatoms. The molecule has 1 fully saturated rings. The summed E-state index contributed by atoms with van der Waals surface area (Å²) in [7, 11) is -4.00. The van der Waals surface area contributed by atoms with Crippen LogP contribution in [0.1, 0.15) is 31.1 Å². The Morgan fingerprint density at radius 1 is 1.25 bits per heavy atom. The Kier molecular flexibility index (Phi) is 5.95. The van der Waals surface area contributed by atoms with Gasteiger partial charge in [-0.2, -0.15) is 4.31 Å². The lowest BCUT2D eigenvalue weighted by atomic mass is 10.1. The summed E-state index contributed by atoms with van der Waals surface area (Å²) < 4.78 is 45.6. The molecule has 6 nitrogen and oxygen atoms in total. The number of hydrogen-bond donors (Lipinski definition) is 1. The molecule has 1 aliphatic rings. The van der Waals surface area contributed by atoms with Crippen molar-refractivity contribution in [3.05, 3.63) is 29.6 Å². The third-order valence-electron chi connectivity index (χ3n) is 4.14.